The van der Waals surface area contributed by atoms with Gasteiger partial charge in [0.1, 0.15) is 0 Å². The summed E-state index contributed by atoms with van der Waals surface area (Å²) in [4.78, 5) is 17.1. The van der Waals surface area contributed by atoms with E-state index in [1.54, 1.807) is 0 Å². The van der Waals surface area contributed by atoms with Gasteiger partial charge in [0.15, 0.2) is 0 Å². The lowest BCUT2D eigenvalue weighted by molar-refractivity contribution is -0.136. The zero-order valence-corrected chi connectivity index (χ0v) is 11.6. The van der Waals surface area contributed by atoms with E-state index in [0.717, 1.165) is 25.3 Å². The van der Waals surface area contributed by atoms with Gasteiger partial charge in [0, 0.05) is 12.6 Å². The number of rotatable bonds is 3. The van der Waals surface area contributed by atoms with Crippen LogP contribution in [-0.4, -0.2) is 53.6 Å². The fourth-order valence-corrected chi connectivity index (χ4v) is 3.96. The van der Waals surface area contributed by atoms with E-state index in [4.69, 9.17) is 0 Å². The van der Waals surface area contributed by atoms with Crippen LogP contribution >= 0.6 is 0 Å². The number of carbonyl (C=O) groups excluding carboxylic acids is 1. The van der Waals surface area contributed by atoms with Crippen LogP contribution in [0.25, 0.3) is 0 Å². The standard InChI is InChI=1S/C14H25N3O/c1-3-4-13-15-10(2)14(18)17(13)12-9-16-7-5-11(12)6-8-16/h10-13,15H,3-9H2,1-2H3. The van der Waals surface area contributed by atoms with Crippen LogP contribution in [0.5, 0.6) is 0 Å². The van der Waals surface area contributed by atoms with Gasteiger partial charge in [0.2, 0.25) is 5.91 Å². The van der Waals surface area contributed by atoms with Gasteiger partial charge < -0.3 is 9.80 Å². The first-order chi connectivity index (χ1) is 8.70. The molecule has 0 spiro atoms. The minimum absolute atomic E-state index is 0.0111. The number of fused-ring (bicyclic) bond motifs is 3. The summed E-state index contributed by atoms with van der Waals surface area (Å²) >= 11 is 0. The van der Waals surface area contributed by atoms with Crippen LogP contribution in [0.2, 0.25) is 0 Å². The largest absolute Gasteiger partial charge is 0.321 e. The number of piperidine rings is 3. The van der Waals surface area contributed by atoms with Crippen LogP contribution in [0, 0.1) is 5.92 Å². The van der Waals surface area contributed by atoms with E-state index < -0.39 is 0 Å². The molecular formula is C14H25N3O. The molecule has 4 aliphatic heterocycles. The van der Waals surface area contributed by atoms with Crippen molar-refractivity contribution in [1.29, 1.82) is 0 Å². The molecular weight excluding hydrogens is 226 g/mol. The van der Waals surface area contributed by atoms with Gasteiger partial charge in [-0.2, -0.15) is 0 Å². The van der Waals surface area contributed by atoms with E-state index in [1.165, 1.54) is 25.9 Å². The van der Waals surface area contributed by atoms with Gasteiger partial charge in [-0.1, -0.05) is 13.3 Å². The van der Waals surface area contributed by atoms with Crippen LogP contribution < -0.4 is 5.32 Å². The van der Waals surface area contributed by atoms with E-state index in [9.17, 15) is 4.79 Å². The Morgan fingerprint density at radius 1 is 1.33 bits per heavy atom. The Bertz CT molecular complexity index is 325. The lowest BCUT2D eigenvalue weighted by Crippen LogP contribution is -2.60. The second-order valence-electron chi connectivity index (χ2n) is 6.14. The molecule has 2 bridgehead atoms. The molecule has 4 heteroatoms. The first-order valence-electron chi connectivity index (χ1n) is 7.51. The molecule has 4 heterocycles. The Kier molecular flexibility index (Phi) is 3.32. The fourth-order valence-electron chi connectivity index (χ4n) is 3.96. The van der Waals surface area contributed by atoms with Gasteiger partial charge in [-0.3, -0.25) is 10.1 Å². The van der Waals surface area contributed by atoms with Crippen LogP contribution in [0.3, 0.4) is 0 Å². The average molecular weight is 251 g/mol. The summed E-state index contributed by atoms with van der Waals surface area (Å²) < 4.78 is 0. The van der Waals surface area contributed by atoms with E-state index >= 15 is 0 Å². The highest BCUT2D eigenvalue weighted by molar-refractivity contribution is 5.84. The molecule has 4 fully saturated rings. The predicted octanol–water partition coefficient (Wildman–Crippen LogP) is 1.03. The Balaban J connectivity index is 1.78. The van der Waals surface area contributed by atoms with Crippen LogP contribution in [0.15, 0.2) is 0 Å². The molecule has 0 aliphatic carbocycles. The van der Waals surface area contributed by atoms with Crippen molar-refractivity contribution >= 4 is 5.91 Å². The van der Waals surface area contributed by atoms with Crippen LogP contribution in [0.4, 0.5) is 0 Å². The molecule has 4 nitrogen and oxygen atoms in total. The quantitative estimate of drug-likeness (QED) is 0.813. The lowest BCUT2D eigenvalue weighted by Gasteiger charge is -2.49. The monoisotopic (exact) mass is 251 g/mol. The SMILES string of the molecule is CCCC1NC(C)C(=O)N1C1CN2CCC1CC2. The third kappa shape index (κ3) is 1.95. The Morgan fingerprint density at radius 3 is 2.61 bits per heavy atom. The van der Waals surface area contributed by atoms with Crippen molar-refractivity contribution in [3.63, 3.8) is 0 Å². The number of hydrogen-bond acceptors (Lipinski definition) is 3. The molecule has 3 atom stereocenters. The minimum Gasteiger partial charge on any atom is -0.321 e. The van der Waals surface area contributed by atoms with Crippen LogP contribution in [-0.2, 0) is 4.79 Å². The molecule has 18 heavy (non-hydrogen) atoms. The molecule has 1 N–H and O–H groups in total. The summed E-state index contributed by atoms with van der Waals surface area (Å²) in [6, 6.07) is 0.478. The molecule has 4 rings (SSSR count). The van der Waals surface area contributed by atoms with Gasteiger partial charge in [0.25, 0.3) is 0 Å². The molecule has 4 saturated heterocycles. The van der Waals surface area contributed by atoms with Crippen molar-refractivity contribution in [3.05, 3.63) is 0 Å². The first kappa shape index (κ1) is 12.4. The normalized spacial score (nSPS) is 43.8. The van der Waals surface area contributed by atoms with E-state index in [1.807, 2.05) is 6.92 Å². The average Bonchev–Trinajstić information content (AvgIpc) is 2.67. The Hall–Kier alpha value is -0.610. The van der Waals surface area contributed by atoms with Crippen molar-refractivity contribution in [2.24, 2.45) is 5.92 Å². The summed E-state index contributed by atoms with van der Waals surface area (Å²) in [5, 5.41) is 3.47. The van der Waals surface area contributed by atoms with Gasteiger partial charge in [0.05, 0.1) is 12.2 Å². The van der Waals surface area contributed by atoms with Crippen molar-refractivity contribution < 1.29 is 4.79 Å². The van der Waals surface area contributed by atoms with Gasteiger partial charge >= 0.3 is 0 Å². The van der Waals surface area contributed by atoms with Crippen LogP contribution in [0.1, 0.15) is 39.5 Å². The van der Waals surface area contributed by atoms with Crippen molar-refractivity contribution in [1.82, 2.24) is 15.1 Å². The van der Waals surface area contributed by atoms with E-state index in [2.05, 4.69) is 22.0 Å². The van der Waals surface area contributed by atoms with Crippen molar-refractivity contribution in [3.8, 4) is 0 Å². The van der Waals surface area contributed by atoms with Gasteiger partial charge in [-0.15, -0.1) is 0 Å². The fraction of sp³-hybridized carbons (Fsp3) is 0.929. The number of carbonyl (C=O) groups is 1. The third-order valence-corrected chi connectivity index (χ3v) is 4.94. The zero-order chi connectivity index (χ0) is 12.7. The topological polar surface area (TPSA) is 35.6 Å². The van der Waals surface area contributed by atoms with E-state index in [0.29, 0.717) is 11.9 Å². The predicted molar refractivity (Wildman–Crippen MR) is 71.1 cm³/mol. The Labute approximate surface area is 110 Å². The summed E-state index contributed by atoms with van der Waals surface area (Å²) in [6.07, 6.45) is 5.06. The molecule has 4 aliphatic rings. The number of amides is 1. The maximum atomic E-state index is 12.4. The minimum atomic E-state index is 0.0111. The zero-order valence-electron chi connectivity index (χ0n) is 11.6. The van der Waals surface area contributed by atoms with Gasteiger partial charge in [-0.05, 0) is 45.2 Å². The third-order valence-electron chi connectivity index (χ3n) is 4.94. The molecule has 0 aromatic rings. The second kappa shape index (κ2) is 4.82. The van der Waals surface area contributed by atoms with Crippen molar-refractivity contribution in [2.75, 3.05) is 19.6 Å². The highest BCUT2D eigenvalue weighted by Crippen LogP contribution is 2.34. The van der Waals surface area contributed by atoms with E-state index in [-0.39, 0.29) is 12.2 Å². The summed E-state index contributed by atoms with van der Waals surface area (Å²) in [5.41, 5.74) is 0. The smallest absolute Gasteiger partial charge is 0.241 e. The number of hydrogen-bond donors (Lipinski definition) is 1. The molecule has 0 aromatic carbocycles. The lowest BCUT2D eigenvalue weighted by atomic mass is 9.83. The highest BCUT2D eigenvalue weighted by atomic mass is 16.2. The molecule has 1 amide bonds. The van der Waals surface area contributed by atoms with Gasteiger partial charge in [-0.25, -0.2) is 0 Å². The summed E-state index contributed by atoms with van der Waals surface area (Å²) in [7, 11) is 0. The molecule has 102 valence electrons. The number of nitrogens with one attached hydrogen (secondary N) is 1. The molecule has 0 saturated carbocycles. The Morgan fingerprint density at radius 2 is 2.06 bits per heavy atom. The highest BCUT2D eigenvalue weighted by Gasteiger charge is 2.46. The second-order valence-corrected chi connectivity index (χ2v) is 6.14. The summed E-state index contributed by atoms with van der Waals surface area (Å²) in [5.74, 6) is 1.07. The molecule has 0 aromatic heterocycles. The summed E-state index contributed by atoms with van der Waals surface area (Å²) in [6.45, 7) is 7.79. The maximum absolute atomic E-state index is 12.4. The maximum Gasteiger partial charge on any atom is 0.241 e. The van der Waals surface area contributed by atoms with Crippen molar-refractivity contribution in [2.45, 2.75) is 57.8 Å². The molecule has 3 unspecified atom stereocenters. The first-order valence-corrected chi connectivity index (χ1v) is 7.51. The number of nitrogens with zero attached hydrogens (tertiary/aromatic N) is 2. The molecule has 0 radical (unpaired) electrons.